The summed E-state index contributed by atoms with van der Waals surface area (Å²) in [6.07, 6.45) is 4.59. The van der Waals surface area contributed by atoms with Gasteiger partial charge < -0.3 is 19.1 Å². The highest BCUT2D eigenvalue weighted by molar-refractivity contribution is 5.74. The van der Waals surface area contributed by atoms with Gasteiger partial charge in [0.05, 0.1) is 25.2 Å². The highest BCUT2D eigenvalue weighted by atomic mass is 16.5. The molecule has 1 aromatic heterocycles. The van der Waals surface area contributed by atoms with Crippen LogP contribution in [0.2, 0.25) is 0 Å². The number of carbonyl (C=O) groups excluding carboxylic acids is 1. The number of urea groups is 1. The Bertz CT molecular complexity index is 522. The van der Waals surface area contributed by atoms with Crippen LogP contribution in [0, 0.1) is 5.92 Å². The molecule has 0 saturated heterocycles. The van der Waals surface area contributed by atoms with Crippen molar-refractivity contribution in [3.8, 4) is 0 Å². The van der Waals surface area contributed by atoms with E-state index in [4.69, 9.17) is 4.74 Å². The largest absolute Gasteiger partial charge is 0.384 e. The van der Waals surface area contributed by atoms with Gasteiger partial charge in [-0.05, 0) is 18.8 Å². The SMILES string of the molecule is COC[C@H]1CN(C(=O)N(C)C)Cc2ncn(CC3CC3)c21. The summed E-state index contributed by atoms with van der Waals surface area (Å²) in [6.45, 7) is 2.99. The Labute approximate surface area is 125 Å². The molecule has 1 aliphatic heterocycles. The Balaban J connectivity index is 1.84. The number of amides is 2. The number of aromatic nitrogens is 2. The number of carbonyl (C=O) groups is 1. The van der Waals surface area contributed by atoms with E-state index in [0.29, 0.717) is 19.7 Å². The van der Waals surface area contributed by atoms with E-state index in [1.165, 1.54) is 18.5 Å². The average Bonchev–Trinajstić information content (AvgIpc) is 3.18. The van der Waals surface area contributed by atoms with Crippen LogP contribution in [-0.2, 0) is 17.8 Å². The topological polar surface area (TPSA) is 50.6 Å². The van der Waals surface area contributed by atoms with Gasteiger partial charge in [0.2, 0.25) is 0 Å². The van der Waals surface area contributed by atoms with E-state index in [1.54, 1.807) is 26.1 Å². The van der Waals surface area contributed by atoms with Gasteiger partial charge in [0.15, 0.2) is 0 Å². The normalized spacial score (nSPS) is 21.3. The molecule has 0 spiro atoms. The molecule has 0 N–H and O–H groups in total. The zero-order valence-corrected chi connectivity index (χ0v) is 13.1. The quantitative estimate of drug-likeness (QED) is 0.845. The van der Waals surface area contributed by atoms with E-state index in [-0.39, 0.29) is 11.9 Å². The summed E-state index contributed by atoms with van der Waals surface area (Å²) in [6, 6.07) is 0.0403. The first kappa shape index (κ1) is 14.4. The molecule has 2 amide bonds. The third-order valence-corrected chi connectivity index (χ3v) is 4.30. The fraction of sp³-hybridized carbons (Fsp3) is 0.733. The van der Waals surface area contributed by atoms with E-state index < -0.39 is 0 Å². The smallest absolute Gasteiger partial charge is 0.319 e. The lowest BCUT2D eigenvalue weighted by molar-refractivity contribution is 0.127. The number of hydrogen-bond acceptors (Lipinski definition) is 3. The van der Waals surface area contributed by atoms with Crippen molar-refractivity contribution in [2.75, 3.05) is 34.4 Å². The van der Waals surface area contributed by atoms with Gasteiger partial charge in [-0.3, -0.25) is 0 Å². The first-order chi connectivity index (χ1) is 10.1. The molecule has 3 rings (SSSR count). The molecule has 116 valence electrons. The van der Waals surface area contributed by atoms with Crippen LogP contribution in [0.3, 0.4) is 0 Å². The molecule has 1 aromatic rings. The van der Waals surface area contributed by atoms with Gasteiger partial charge in [-0.25, -0.2) is 9.78 Å². The predicted octanol–water partition coefficient (Wildman–Crippen LogP) is 1.52. The fourth-order valence-corrected chi connectivity index (χ4v) is 3.11. The van der Waals surface area contributed by atoms with Crippen molar-refractivity contribution >= 4 is 6.03 Å². The molecule has 0 radical (unpaired) electrons. The van der Waals surface area contributed by atoms with Gasteiger partial charge in [-0.15, -0.1) is 0 Å². The summed E-state index contributed by atoms with van der Waals surface area (Å²) < 4.78 is 7.66. The standard InChI is InChI=1S/C15H24N4O2/c1-17(2)15(20)18-7-12(9-21-3)14-13(8-18)16-10-19(14)6-11-4-5-11/h10-12H,4-9H2,1-3H3/t12-/m1/s1. The number of ether oxygens (including phenoxy) is 1. The van der Waals surface area contributed by atoms with Crippen molar-refractivity contribution in [2.45, 2.75) is 31.8 Å². The van der Waals surface area contributed by atoms with Gasteiger partial charge in [-0.1, -0.05) is 0 Å². The lowest BCUT2D eigenvalue weighted by Crippen LogP contribution is -2.44. The molecule has 1 fully saturated rings. The zero-order chi connectivity index (χ0) is 15.0. The van der Waals surface area contributed by atoms with E-state index in [1.807, 2.05) is 11.2 Å². The zero-order valence-electron chi connectivity index (χ0n) is 13.1. The summed E-state index contributed by atoms with van der Waals surface area (Å²) in [5, 5.41) is 0. The maximum absolute atomic E-state index is 12.2. The molecule has 0 unspecified atom stereocenters. The number of nitrogens with zero attached hydrogens (tertiary/aromatic N) is 4. The van der Waals surface area contributed by atoms with Crippen LogP contribution in [0.25, 0.3) is 0 Å². The number of fused-ring (bicyclic) bond motifs is 1. The Hall–Kier alpha value is -1.56. The molecule has 21 heavy (non-hydrogen) atoms. The Kier molecular flexibility index (Phi) is 3.89. The monoisotopic (exact) mass is 292 g/mol. The summed E-state index contributed by atoms with van der Waals surface area (Å²) in [5.74, 6) is 1.02. The molecule has 1 aliphatic carbocycles. The van der Waals surface area contributed by atoms with Crippen LogP contribution in [0.5, 0.6) is 0 Å². The third-order valence-electron chi connectivity index (χ3n) is 4.30. The molecule has 6 heteroatoms. The van der Waals surface area contributed by atoms with Crippen LogP contribution in [-0.4, -0.2) is 59.7 Å². The van der Waals surface area contributed by atoms with Crippen LogP contribution >= 0.6 is 0 Å². The highest BCUT2D eigenvalue weighted by Gasteiger charge is 2.33. The van der Waals surface area contributed by atoms with Crippen LogP contribution in [0.1, 0.15) is 30.1 Å². The van der Waals surface area contributed by atoms with Gasteiger partial charge in [0.1, 0.15) is 0 Å². The van der Waals surface area contributed by atoms with Crippen molar-refractivity contribution in [1.82, 2.24) is 19.4 Å². The number of rotatable bonds is 4. The second kappa shape index (κ2) is 5.67. The molecular formula is C15H24N4O2. The molecule has 0 bridgehead atoms. The lowest BCUT2D eigenvalue weighted by Gasteiger charge is -2.34. The summed E-state index contributed by atoms with van der Waals surface area (Å²) >= 11 is 0. The molecule has 2 heterocycles. The molecule has 1 saturated carbocycles. The first-order valence-corrected chi connectivity index (χ1v) is 7.59. The molecule has 2 aliphatic rings. The van der Waals surface area contributed by atoms with Gasteiger partial charge in [0, 0.05) is 45.9 Å². The van der Waals surface area contributed by atoms with Crippen molar-refractivity contribution in [3.63, 3.8) is 0 Å². The molecular weight excluding hydrogens is 268 g/mol. The van der Waals surface area contributed by atoms with Crippen molar-refractivity contribution in [2.24, 2.45) is 5.92 Å². The molecule has 0 aromatic carbocycles. The van der Waals surface area contributed by atoms with Gasteiger partial charge in [-0.2, -0.15) is 0 Å². The van der Waals surface area contributed by atoms with E-state index >= 15 is 0 Å². The summed E-state index contributed by atoms with van der Waals surface area (Å²) in [4.78, 5) is 20.3. The minimum Gasteiger partial charge on any atom is -0.384 e. The van der Waals surface area contributed by atoms with E-state index in [2.05, 4.69) is 9.55 Å². The van der Waals surface area contributed by atoms with Crippen molar-refractivity contribution < 1.29 is 9.53 Å². The maximum atomic E-state index is 12.2. The maximum Gasteiger partial charge on any atom is 0.319 e. The first-order valence-electron chi connectivity index (χ1n) is 7.59. The average molecular weight is 292 g/mol. The number of hydrogen-bond donors (Lipinski definition) is 0. The van der Waals surface area contributed by atoms with Crippen molar-refractivity contribution in [1.29, 1.82) is 0 Å². The van der Waals surface area contributed by atoms with E-state index in [0.717, 1.165) is 18.2 Å². The van der Waals surface area contributed by atoms with Gasteiger partial charge in [0.25, 0.3) is 0 Å². The summed E-state index contributed by atoms with van der Waals surface area (Å²) in [7, 11) is 5.29. The Morgan fingerprint density at radius 2 is 2.24 bits per heavy atom. The van der Waals surface area contributed by atoms with Crippen LogP contribution in [0.15, 0.2) is 6.33 Å². The second-order valence-corrected chi connectivity index (χ2v) is 6.38. The summed E-state index contributed by atoms with van der Waals surface area (Å²) in [5.41, 5.74) is 2.30. The third kappa shape index (κ3) is 2.90. The Morgan fingerprint density at radius 3 is 2.86 bits per heavy atom. The lowest BCUT2D eigenvalue weighted by atomic mass is 9.99. The fourth-order valence-electron chi connectivity index (χ4n) is 3.11. The van der Waals surface area contributed by atoms with E-state index in [9.17, 15) is 4.79 Å². The van der Waals surface area contributed by atoms with Crippen LogP contribution in [0.4, 0.5) is 4.79 Å². The number of methoxy groups -OCH3 is 1. The van der Waals surface area contributed by atoms with Gasteiger partial charge >= 0.3 is 6.03 Å². The van der Waals surface area contributed by atoms with Crippen LogP contribution < -0.4 is 0 Å². The minimum absolute atomic E-state index is 0.0403. The number of imidazole rings is 1. The highest BCUT2D eigenvalue weighted by Crippen LogP contribution is 2.34. The Morgan fingerprint density at radius 1 is 1.48 bits per heavy atom. The molecule has 1 atom stereocenters. The predicted molar refractivity (Wildman–Crippen MR) is 79.1 cm³/mol. The molecule has 6 nitrogen and oxygen atoms in total. The minimum atomic E-state index is 0.0403. The second-order valence-electron chi connectivity index (χ2n) is 6.38. The van der Waals surface area contributed by atoms with Crippen molar-refractivity contribution in [3.05, 3.63) is 17.7 Å².